The summed E-state index contributed by atoms with van der Waals surface area (Å²) >= 11 is 0. The van der Waals surface area contributed by atoms with Crippen LogP contribution in [0.5, 0.6) is 5.75 Å². The van der Waals surface area contributed by atoms with Crippen LogP contribution in [0.1, 0.15) is 16.8 Å². The predicted octanol–water partition coefficient (Wildman–Crippen LogP) is 2.02. The van der Waals surface area contributed by atoms with Gasteiger partial charge in [0.05, 0.1) is 31.4 Å². The van der Waals surface area contributed by atoms with Gasteiger partial charge in [-0.15, -0.1) is 0 Å². The molecule has 0 spiro atoms. The number of esters is 2. The molecule has 1 N–H and O–H groups in total. The summed E-state index contributed by atoms with van der Waals surface area (Å²) in [5.41, 5.74) is 1.38. The zero-order valence-electron chi connectivity index (χ0n) is 17.1. The molecule has 2 aromatic carbocycles. The van der Waals surface area contributed by atoms with Crippen LogP contribution < -0.4 is 15.0 Å². The third-order valence-electron chi connectivity index (χ3n) is 4.79. The lowest BCUT2D eigenvalue weighted by molar-refractivity contribution is -0.151. The van der Waals surface area contributed by atoms with Gasteiger partial charge < -0.3 is 24.4 Å². The first-order chi connectivity index (χ1) is 14.9. The van der Waals surface area contributed by atoms with Crippen LogP contribution in [0.4, 0.5) is 11.4 Å². The number of benzene rings is 2. The third-order valence-corrected chi connectivity index (χ3v) is 4.79. The van der Waals surface area contributed by atoms with Gasteiger partial charge in [-0.2, -0.15) is 0 Å². The molecule has 0 unspecified atom stereocenters. The van der Waals surface area contributed by atoms with E-state index in [1.807, 2.05) is 0 Å². The minimum atomic E-state index is -0.688. The van der Waals surface area contributed by atoms with Crippen molar-refractivity contribution in [2.24, 2.45) is 5.92 Å². The van der Waals surface area contributed by atoms with Gasteiger partial charge in [0.25, 0.3) is 5.91 Å². The molecule has 2 aromatic rings. The molecule has 1 atom stereocenters. The summed E-state index contributed by atoms with van der Waals surface area (Å²) in [6.45, 7) is -0.348. The van der Waals surface area contributed by atoms with Gasteiger partial charge >= 0.3 is 11.9 Å². The normalized spacial score (nSPS) is 15.4. The number of methoxy groups -OCH3 is 2. The first kappa shape index (κ1) is 21.8. The second-order valence-electron chi connectivity index (χ2n) is 6.80. The van der Waals surface area contributed by atoms with E-state index < -0.39 is 30.4 Å². The Morgan fingerprint density at radius 2 is 1.77 bits per heavy atom. The fraction of sp³-hybridized carbons (Fsp3) is 0.273. The summed E-state index contributed by atoms with van der Waals surface area (Å²) in [4.78, 5) is 49.8. The molecule has 0 aliphatic carbocycles. The highest BCUT2D eigenvalue weighted by Gasteiger charge is 2.36. The van der Waals surface area contributed by atoms with Gasteiger partial charge in [0.2, 0.25) is 5.91 Å². The molecule has 162 valence electrons. The molecule has 9 nitrogen and oxygen atoms in total. The number of nitrogens with zero attached hydrogens (tertiary/aromatic N) is 1. The summed E-state index contributed by atoms with van der Waals surface area (Å²) in [7, 11) is 2.77. The molecular weight excluding hydrogens is 404 g/mol. The molecule has 0 saturated carbocycles. The molecule has 0 bridgehead atoms. The maximum Gasteiger partial charge on any atom is 0.337 e. The number of hydrogen-bond donors (Lipinski definition) is 1. The number of ether oxygens (including phenoxy) is 3. The van der Waals surface area contributed by atoms with Crippen molar-refractivity contribution in [2.75, 3.05) is 37.6 Å². The van der Waals surface area contributed by atoms with E-state index in [1.54, 1.807) is 48.5 Å². The molecule has 1 heterocycles. The monoisotopic (exact) mass is 426 g/mol. The lowest BCUT2D eigenvalue weighted by Gasteiger charge is -2.17. The van der Waals surface area contributed by atoms with Crippen LogP contribution in [0.3, 0.4) is 0 Å². The van der Waals surface area contributed by atoms with Crippen molar-refractivity contribution in [1.82, 2.24) is 0 Å². The Hall–Kier alpha value is -3.88. The second-order valence-corrected chi connectivity index (χ2v) is 6.80. The Morgan fingerprint density at radius 1 is 1.06 bits per heavy atom. The quantitative estimate of drug-likeness (QED) is 0.674. The minimum absolute atomic E-state index is 0.0221. The predicted molar refractivity (Wildman–Crippen MR) is 111 cm³/mol. The van der Waals surface area contributed by atoms with Crippen LogP contribution in [0.2, 0.25) is 0 Å². The van der Waals surface area contributed by atoms with Gasteiger partial charge in [-0.25, -0.2) is 4.79 Å². The molecular formula is C22H22N2O7. The zero-order chi connectivity index (χ0) is 22.4. The Labute approximate surface area is 178 Å². The van der Waals surface area contributed by atoms with Crippen LogP contribution in [0.15, 0.2) is 48.5 Å². The van der Waals surface area contributed by atoms with E-state index in [2.05, 4.69) is 10.1 Å². The van der Waals surface area contributed by atoms with E-state index in [-0.39, 0.29) is 18.9 Å². The number of carbonyl (C=O) groups excluding carboxylic acids is 4. The molecule has 0 radical (unpaired) electrons. The highest BCUT2D eigenvalue weighted by atomic mass is 16.5. The number of amides is 2. The van der Waals surface area contributed by atoms with E-state index in [4.69, 9.17) is 9.47 Å². The van der Waals surface area contributed by atoms with Crippen molar-refractivity contribution >= 4 is 35.1 Å². The molecule has 9 heteroatoms. The molecule has 1 aliphatic rings. The Balaban J connectivity index is 1.54. The average Bonchev–Trinajstić information content (AvgIpc) is 3.19. The summed E-state index contributed by atoms with van der Waals surface area (Å²) in [5.74, 6) is -2.07. The van der Waals surface area contributed by atoms with Crippen LogP contribution in [-0.4, -0.2) is 51.1 Å². The summed E-state index contributed by atoms with van der Waals surface area (Å²) < 4.78 is 14.9. The van der Waals surface area contributed by atoms with Crippen LogP contribution in [-0.2, 0) is 23.9 Å². The average molecular weight is 426 g/mol. The highest BCUT2D eigenvalue weighted by molar-refractivity contribution is 6.00. The number of para-hydroxylation sites is 2. The summed E-state index contributed by atoms with van der Waals surface area (Å²) in [6.07, 6.45) is -0.0221. The lowest BCUT2D eigenvalue weighted by Crippen LogP contribution is -2.28. The highest BCUT2D eigenvalue weighted by Crippen LogP contribution is 2.26. The lowest BCUT2D eigenvalue weighted by atomic mass is 10.1. The van der Waals surface area contributed by atoms with Gasteiger partial charge in [0.15, 0.2) is 6.61 Å². The largest absolute Gasteiger partial charge is 0.495 e. The Morgan fingerprint density at radius 3 is 2.45 bits per heavy atom. The van der Waals surface area contributed by atoms with Crippen molar-refractivity contribution in [3.05, 3.63) is 54.1 Å². The van der Waals surface area contributed by atoms with Crippen molar-refractivity contribution < 1.29 is 33.4 Å². The molecule has 0 aromatic heterocycles. The van der Waals surface area contributed by atoms with E-state index in [1.165, 1.54) is 19.1 Å². The van der Waals surface area contributed by atoms with Crippen LogP contribution >= 0.6 is 0 Å². The molecule has 3 rings (SSSR count). The first-order valence-corrected chi connectivity index (χ1v) is 9.51. The first-order valence-electron chi connectivity index (χ1n) is 9.51. The van der Waals surface area contributed by atoms with Crippen molar-refractivity contribution in [1.29, 1.82) is 0 Å². The van der Waals surface area contributed by atoms with Gasteiger partial charge in [-0.05, 0) is 36.4 Å². The maximum atomic E-state index is 12.4. The fourth-order valence-corrected chi connectivity index (χ4v) is 3.20. The second kappa shape index (κ2) is 9.75. The van der Waals surface area contributed by atoms with Gasteiger partial charge in [-0.3, -0.25) is 14.4 Å². The molecule has 1 fully saturated rings. The van der Waals surface area contributed by atoms with E-state index in [0.29, 0.717) is 22.7 Å². The molecule has 1 aliphatic heterocycles. The Kier molecular flexibility index (Phi) is 6.86. The summed E-state index contributed by atoms with van der Waals surface area (Å²) in [6, 6.07) is 13.2. The van der Waals surface area contributed by atoms with Gasteiger partial charge in [0.1, 0.15) is 5.75 Å². The SMILES string of the molecule is COC(=O)c1ccc(N2C[C@@H](C(=O)OCC(=O)Nc3ccccc3OC)CC2=O)cc1. The number of anilines is 2. The maximum absolute atomic E-state index is 12.4. The molecule has 1 saturated heterocycles. The minimum Gasteiger partial charge on any atom is -0.495 e. The van der Waals surface area contributed by atoms with E-state index in [9.17, 15) is 19.2 Å². The Bertz CT molecular complexity index is 988. The molecule has 31 heavy (non-hydrogen) atoms. The number of carbonyl (C=O) groups is 4. The zero-order valence-corrected chi connectivity index (χ0v) is 17.1. The number of hydrogen-bond acceptors (Lipinski definition) is 7. The van der Waals surface area contributed by atoms with Gasteiger partial charge in [-0.1, -0.05) is 12.1 Å². The topological polar surface area (TPSA) is 111 Å². The van der Waals surface area contributed by atoms with Crippen molar-refractivity contribution in [2.45, 2.75) is 6.42 Å². The third kappa shape index (κ3) is 5.19. The van der Waals surface area contributed by atoms with Crippen molar-refractivity contribution in [3.8, 4) is 5.75 Å². The van der Waals surface area contributed by atoms with Crippen LogP contribution in [0, 0.1) is 5.92 Å². The van der Waals surface area contributed by atoms with E-state index >= 15 is 0 Å². The van der Waals surface area contributed by atoms with Gasteiger partial charge in [0, 0.05) is 18.7 Å². The number of rotatable bonds is 7. The van der Waals surface area contributed by atoms with Crippen molar-refractivity contribution in [3.63, 3.8) is 0 Å². The molecule has 2 amide bonds. The summed E-state index contributed by atoms with van der Waals surface area (Å²) in [5, 5.41) is 2.61. The fourth-order valence-electron chi connectivity index (χ4n) is 3.20. The van der Waals surface area contributed by atoms with E-state index in [0.717, 1.165) is 0 Å². The van der Waals surface area contributed by atoms with Crippen LogP contribution in [0.25, 0.3) is 0 Å². The smallest absolute Gasteiger partial charge is 0.337 e. The standard InChI is InChI=1S/C22H22N2O7/c1-29-18-6-4-3-5-17(18)23-19(25)13-31-22(28)15-11-20(26)24(12-15)16-9-7-14(8-10-16)21(27)30-2/h3-10,15H,11-13H2,1-2H3,(H,23,25)/t15-/m0/s1. The number of nitrogens with one attached hydrogen (secondary N) is 1.